The summed E-state index contributed by atoms with van der Waals surface area (Å²) in [5, 5.41) is 0.508. The van der Waals surface area contributed by atoms with E-state index in [1.165, 1.54) is 19.2 Å². The highest BCUT2D eigenvalue weighted by Gasteiger charge is 2.36. The van der Waals surface area contributed by atoms with Crippen molar-refractivity contribution in [2.24, 2.45) is 0 Å². The average Bonchev–Trinajstić information content (AvgIpc) is 2.67. The van der Waals surface area contributed by atoms with Crippen molar-refractivity contribution >= 4 is 27.3 Å². The molecule has 0 spiro atoms. The minimum atomic E-state index is -4.99. The van der Waals surface area contributed by atoms with Gasteiger partial charge in [-0.15, -0.1) is 13.2 Å². The first-order valence-electron chi connectivity index (χ1n) is 8.55. The predicted molar refractivity (Wildman–Crippen MR) is 102 cm³/mol. The van der Waals surface area contributed by atoms with Crippen LogP contribution < -0.4 is 14.4 Å². The van der Waals surface area contributed by atoms with E-state index in [0.717, 1.165) is 22.1 Å². The van der Waals surface area contributed by atoms with E-state index in [4.69, 9.17) is 16.3 Å². The monoisotopic (exact) mass is 450 g/mol. The van der Waals surface area contributed by atoms with Gasteiger partial charge in [-0.3, -0.25) is 0 Å². The molecule has 0 N–H and O–H groups in total. The molecule has 0 unspecified atom stereocenters. The number of methoxy groups -OCH3 is 1. The molecule has 158 valence electrons. The first-order chi connectivity index (χ1) is 13.6. The zero-order valence-corrected chi connectivity index (χ0v) is 16.9. The number of rotatable bonds is 5. The van der Waals surface area contributed by atoms with Crippen molar-refractivity contribution in [1.82, 2.24) is 4.31 Å². The van der Waals surface area contributed by atoms with Gasteiger partial charge in [-0.05, 0) is 30.3 Å². The molecule has 0 saturated carbocycles. The summed E-state index contributed by atoms with van der Waals surface area (Å²) in [6, 6.07) is 9.83. The number of nitrogens with zero attached hydrogens (tertiary/aromatic N) is 2. The van der Waals surface area contributed by atoms with Gasteiger partial charge in [0.1, 0.15) is 16.4 Å². The van der Waals surface area contributed by atoms with Gasteiger partial charge in [0.05, 0.1) is 12.8 Å². The highest BCUT2D eigenvalue weighted by atomic mass is 35.5. The number of ether oxygens (including phenoxy) is 2. The predicted octanol–water partition coefficient (Wildman–Crippen LogP) is 3.76. The molecule has 1 saturated heterocycles. The Morgan fingerprint density at radius 3 is 2.28 bits per heavy atom. The fourth-order valence-electron chi connectivity index (χ4n) is 3.09. The maximum absolute atomic E-state index is 12.9. The second-order valence-electron chi connectivity index (χ2n) is 6.20. The zero-order valence-electron chi connectivity index (χ0n) is 15.3. The van der Waals surface area contributed by atoms with E-state index < -0.39 is 27.0 Å². The summed E-state index contributed by atoms with van der Waals surface area (Å²) in [6.45, 7) is 0.799. The van der Waals surface area contributed by atoms with Crippen LogP contribution in [-0.2, 0) is 10.0 Å². The third-order valence-electron chi connectivity index (χ3n) is 4.41. The molecule has 0 amide bonds. The van der Waals surface area contributed by atoms with Gasteiger partial charge in [-0.25, -0.2) is 8.42 Å². The molecule has 0 bridgehead atoms. The number of hydrogen-bond acceptors (Lipinski definition) is 5. The standard InChI is InChI=1S/C18H18ClF3N2O4S/c1-27-15-7-6-13(19)12-14(15)23-8-10-24(11-9-23)29(25,26)17-5-3-2-4-16(17)28-18(20,21)22/h2-7,12H,8-11H2,1H3. The number of para-hydroxylation sites is 1. The fourth-order valence-corrected chi connectivity index (χ4v) is 4.79. The van der Waals surface area contributed by atoms with E-state index in [2.05, 4.69) is 4.74 Å². The summed E-state index contributed by atoms with van der Waals surface area (Å²) in [6.07, 6.45) is -4.99. The Morgan fingerprint density at radius 2 is 1.66 bits per heavy atom. The third kappa shape index (κ3) is 4.88. The molecule has 6 nitrogen and oxygen atoms in total. The van der Waals surface area contributed by atoms with E-state index in [1.807, 2.05) is 4.90 Å². The normalized spacial score (nSPS) is 16.0. The molecular formula is C18H18ClF3N2O4S. The fraction of sp³-hybridized carbons (Fsp3) is 0.333. The Morgan fingerprint density at radius 1 is 1.00 bits per heavy atom. The molecule has 1 fully saturated rings. The second kappa shape index (κ2) is 8.29. The molecule has 0 aliphatic carbocycles. The second-order valence-corrected chi connectivity index (χ2v) is 8.54. The Labute approximate surface area is 171 Å². The molecule has 0 radical (unpaired) electrons. The van der Waals surface area contributed by atoms with E-state index in [1.54, 1.807) is 18.2 Å². The van der Waals surface area contributed by atoms with Gasteiger partial charge in [0.25, 0.3) is 0 Å². The lowest BCUT2D eigenvalue weighted by Gasteiger charge is -2.36. The quantitative estimate of drug-likeness (QED) is 0.694. The minimum absolute atomic E-state index is 0.0817. The van der Waals surface area contributed by atoms with Crippen LogP contribution in [0.2, 0.25) is 5.02 Å². The van der Waals surface area contributed by atoms with Gasteiger partial charge in [0.15, 0.2) is 0 Å². The van der Waals surface area contributed by atoms with Gasteiger partial charge >= 0.3 is 6.36 Å². The van der Waals surface area contributed by atoms with E-state index in [0.29, 0.717) is 23.9 Å². The first-order valence-corrected chi connectivity index (χ1v) is 10.4. The highest BCUT2D eigenvalue weighted by molar-refractivity contribution is 7.89. The molecule has 3 rings (SSSR count). The maximum atomic E-state index is 12.9. The largest absolute Gasteiger partial charge is 0.573 e. The van der Waals surface area contributed by atoms with Crippen LogP contribution in [0.4, 0.5) is 18.9 Å². The van der Waals surface area contributed by atoms with Crippen molar-refractivity contribution in [2.45, 2.75) is 11.3 Å². The lowest BCUT2D eigenvalue weighted by atomic mass is 10.2. The number of piperazine rings is 1. The van der Waals surface area contributed by atoms with E-state index in [-0.39, 0.29) is 13.1 Å². The minimum Gasteiger partial charge on any atom is -0.495 e. The SMILES string of the molecule is COc1ccc(Cl)cc1N1CCN(S(=O)(=O)c2ccccc2OC(F)(F)F)CC1. The summed E-state index contributed by atoms with van der Waals surface area (Å²) in [7, 11) is -2.65. The number of hydrogen-bond donors (Lipinski definition) is 0. The van der Waals surface area contributed by atoms with E-state index >= 15 is 0 Å². The van der Waals surface area contributed by atoms with Crippen molar-refractivity contribution in [1.29, 1.82) is 0 Å². The summed E-state index contributed by atoms with van der Waals surface area (Å²) < 4.78 is 74.1. The van der Waals surface area contributed by atoms with Crippen molar-refractivity contribution in [3.8, 4) is 11.5 Å². The van der Waals surface area contributed by atoms with Crippen molar-refractivity contribution in [2.75, 3.05) is 38.2 Å². The molecule has 1 heterocycles. The molecule has 1 aliphatic rings. The molecule has 11 heteroatoms. The lowest BCUT2D eigenvalue weighted by molar-refractivity contribution is -0.275. The van der Waals surface area contributed by atoms with Crippen LogP contribution in [0.3, 0.4) is 0 Å². The van der Waals surface area contributed by atoms with Crippen molar-refractivity contribution in [3.63, 3.8) is 0 Å². The zero-order chi connectivity index (χ0) is 21.2. The number of halogens is 4. The molecule has 2 aromatic rings. The molecule has 0 aromatic heterocycles. The van der Waals surface area contributed by atoms with Gasteiger partial charge in [-0.2, -0.15) is 4.31 Å². The number of alkyl halides is 3. The van der Waals surface area contributed by atoms with Crippen LogP contribution in [0.15, 0.2) is 47.4 Å². The van der Waals surface area contributed by atoms with Crippen LogP contribution in [0, 0.1) is 0 Å². The molecule has 1 aliphatic heterocycles. The Kier molecular flexibility index (Phi) is 6.16. The Hall–Kier alpha value is -2.17. The van der Waals surface area contributed by atoms with Crippen LogP contribution >= 0.6 is 11.6 Å². The van der Waals surface area contributed by atoms with Crippen LogP contribution in [0.1, 0.15) is 0 Å². The van der Waals surface area contributed by atoms with Gasteiger partial charge < -0.3 is 14.4 Å². The van der Waals surface area contributed by atoms with Gasteiger partial charge in [0.2, 0.25) is 10.0 Å². The van der Waals surface area contributed by atoms with Gasteiger partial charge in [-0.1, -0.05) is 23.7 Å². The smallest absolute Gasteiger partial charge is 0.495 e. The highest BCUT2D eigenvalue weighted by Crippen LogP contribution is 2.34. The number of benzene rings is 2. The molecule has 0 atom stereocenters. The van der Waals surface area contributed by atoms with E-state index in [9.17, 15) is 21.6 Å². The molecule has 29 heavy (non-hydrogen) atoms. The summed E-state index contributed by atoms with van der Waals surface area (Å²) in [5.74, 6) is -0.159. The summed E-state index contributed by atoms with van der Waals surface area (Å²) in [5.41, 5.74) is 0.720. The average molecular weight is 451 g/mol. The molecular weight excluding hydrogens is 433 g/mol. The third-order valence-corrected chi connectivity index (χ3v) is 6.59. The summed E-state index contributed by atoms with van der Waals surface area (Å²) in [4.78, 5) is 1.39. The lowest BCUT2D eigenvalue weighted by Crippen LogP contribution is -2.48. The van der Waals surface area contributed by atoms with Crippen LogP contribution in [-0.4, -0.2) is 52.4 Å². The number of sulfonamides is 1. The van der Waals surface area contributed by atoms with Gasteiger partial charge in [0, 0.05) is 31.2 Å². The van der Waals surface area contributed by atoms with Crippen molar-refractivity contribution < 1.29 is 31.1 Å². The maximum Gasteiger partial charge on any atom is 0.573 e. The first kappa shape index (κ1) is 21.5. The van der Waals surface area contributed by atoms with Crippen molar-refractivity contribution in [3.05, 3.63) is 47.5 Å². The number of anilines is 1. The Bertz CT molecular complexity index is 977. The topological polar surface area (TPSA) is 59.1 Å². The van der Waals surface area contributed by atoms with Crippen LogP contribution in [0.5, 0.6) is 11.5 Å². The summed E-state index contributed by atoms with van der Waals surface area (Å²) >= 11 is 6.05. The Balaban J connectivity index is 1.80. The van der Waals surface area contributed by atoms with Crippen LogP contribution in [0.25, 0.3) is 0 Å². The molecule has 2 aromatic carbocycles.